The summed E-state index contributed by atoms with van der Waals surface area (Å²) in [5, 5.41) is 15.3. The average molecular weight is 471 g/mol. The van der Waals surface area contributed by atoms with E-state index < -0.39 is 5.60 Å². The second-order valence-electron chi connectivity index (χ2n) is 10.5. The molecule has 3 fully saturated rings. The number of carbonyl (C=O) groups is 1. The van der Waals surface area contributed by atoms with Crippen LogP contribution in [0.5, 0.6) is 0 Å². The molecule has 0 bridgehead atoms. The standard InChI is InChI=1S/C26H35ClN4O2/c1-30(2)23-6-4-14-31(23)22-12-9-19-21(29-22)11-10-20(27)24(19)25(32)28-16-26(33)13-3-5-18(15-26)17-7-8-17/h9-12,17-18,23,33H,3-8,13-16H2,1-2H3,(H,28,32)/t18?,23-,26?/m0/s1. The van der Waals surface area contributed by atoms with Gasteiger partial charge in [0.15, 0.2) is 0 Å². The van der Waals surface area contributed by atoms with Crippen molar-refractivity contribution >= 4 is 34.2 Å². The number of hydrogen-bond acceptors (Lipinski definition) is 5. The van der Waals surface area contributed by atoms with E-state index in [0.29, 0.717) is 22.7 Å². The second kappa shape index (κ2) is 9.05. The maximum Gasteiger partial charge on any atom is 0.253 e. The lowest BCUT2D eigenvalue weighted by Gasteiger charge is -2.37. The van der Waals surface area contributed by atoms with Crippen molar-refractivity contribution in [2.24, 2.45) is 11.8 Å². The molecule has 1 amide bonds. The Morgan fingerprint density at radius 1 is 1.18 bits per heavy atom. The Balaban J connectivity index is 1.35. The Labute approximate surface area is 201 Å². The molecule has 0 spiro atoms. The first kappa shape index (κ1) is 22.9. The fourth-order valence-corrected chi connectivity index (χ4v) is 6.21. The minimum Gasteiger partial charge on any atom is -0.388 e. The number of rotatable bonds is 6. The van der Waals surface area contributed by atoms with Crippen LogP contribution >= 0.6 is 11.6 Å². The molecule has 0 radical (unpaired) electrons. The molecular formula is C26H35ClN4O2. The summed E-state index contributed by atoms with van der Waals surface area (Å²) in [5.41, 5.74) is 0.384. The van der Waals surface area contributed by atoms with Crippen molar-refractivity contribution < 1.29 is 9.90 Å². The number of nitrogens with zero attached hydrogens (tertiary/aromatic N) is 3. The highest BCUT2D eigenvalue weighted by Gasteiger charge is 2.41. The smallest absolute Gasteiger partial charge is 0.253 e. The zero-order chi connectivity index (χ0) is 23.2. The zero-order valence-electron chi connectivity index (χ0n) is 19.7. The van der Waals surface area contributed by atoms with E-state index in [1.54, 1.807) is 6.07 Å². The van der Waals surface area contributed by atoms with Crippen LogP contribution in [-0.4, -0.2) is 59.8 Å². The van der Waals surface area contributed by atoms with E-state index in [-0.39, 0.29) is 12.5 Å². The van der Waals surface area contributed by atoms with Gasteiger partial charge in [0.2, 0.25) is 0 Å². The van der Waals surface area contributed by atoms with Gasteiger partial charge in [0, 0.05) is 18.5 Å². The Kier molecular flexibility index (Phi) is 6.27. The molecule has 3 atom stereocenters. The molecule has 2 N–H and O–H groups in total. The van der Waals surface area contributed by atoms with E-state index in [0.717, 1.165) is 61.3 Å². The van der Waals surface area contributed by atoms with Crippen LogP contribution in [0.25, 0.3) is 10.9 Å². The average Bonchev–Trinajstić information content (AvgIpc) is 3.53. The molecule has 1 aliphatic heterocycles. The topological polar surface area (TPSA) is 68.7 Å². The number of anilines is 1. The molecule has 3 aliphatic rings. The molecule has 2 saturated carbocycles. The third-order valence-corrected chi connectivity index (χ3v) is 8.19. The van der Waals surface area contributed by atoms with E-state index in [1.807, 2.05) is 18.2 Å². The summed E-state index contributed by atoms with van der Waals surface area (Å²) in [6, 6.07) is 7.59. The highest BCUT2D eigenvalue weighted by molar-refractivity contribution is 6.35. The summed E-state index contributed by atoms with van der Waals surface area (Å²) in [4.78, 5) is 22.7. The van der Waals surface area contributed by atoms with Gasteiger partial charge < -0.3 is 15.3 Å². The molecule has 2 unspecified atom stereocenters. The van der Waals surface area contributed by atoms with E-state index in [2.05, 4.69) is 29.2 Å². The van der Waals surface area contributed by atoms with Crippen LogP contribution in [-0.2, 0) is 0 Å². The maximum atomic E-state index is 13.2. The van der Waals surface area contributed by atoms with Crippen LogP contribution in [0.2, 0.25) is 5.02 Å². The largest absolute Gasteiger partial charge is 0.388 e. The minimum absolute atomic E-state index is 0.241. The lowest BCUT2D eigenvalue weighted by Crippen LogP contribution is -2.46. The molecule has 2 aromatic rings. The van der Waals surface area contributed by atoms with Crippen LogP contribution < -0.4 is 10.2 Å². The Hall–Kier alpha value is -1.89. The number of carbonyl (C=O) groups excluding carboxylic acids is 1. The second-order valence-corrected chi connectivity index (χ2v) is 10.9. The zero-order valence-corrected chi connectivity index (χ0v) is 20.4. The molecule has 5 rings (SSSR count). The molecule has 1 aromatic carbocycles. The van der Waals surface area contributed by atoms with Crippen molar-refractivity contribution in [3.8, 4) is 0 Å². The third kappa shape index (κ3) is 4.71. The predicted molar refractivity (Wildman–Crippen MR) is 133 cm³/mol. The SMILES string of the molecule is CN(C)[C@@H]1CCCN1c1ccc2c(C(=O)NCC3(O)CCCC(C4CC4)C3)c(Cl)ccc2n1. The number of aromatic nitrogens is 1. The van der Waals surface area contributed by atoms with Crippen LogP contribution in [0.15, 0.2) is 24.3 Å². The third-order valence-electron chi connectivity index (χ3n) is 7.87. The molecule has 2 aliphatic carbocycles. The number of fused-ring (bicyclic) bond motifs is 1. The van der Waals surface area contributed by atoms with Crippen LogP contribution in [0.1, 0.15) is 61.7 Å². The summed E-state index contributed by atoms with van der Waals surface area (Å²) in [5.74, 6) is 2.06. The molecule has 33 heavy (non-hydrogen) atoms. The van der Waals surface area contributed by atoms with Crippen molar-refractivity contribution in [2.75, 3.05) is 32.1 Å². The molecule has 6 nitrogen and oxygen atoms in total. The van der Waals surface area contributed by atoms with Crippen molar-refractivity contribution in [1.29, 1.82) is 0 Å². The highest BCUT2D eigenvalue weighted by Crippen LogP contribution is 2.46. The summed E-state index contributed by atoms with van der Waals surface area (Å²) >= 11 is 6.49. The quantitative estimate of drug-likeness (QED) is 0.653. The first-order valence-corrected chi connectivity index (χ1v) is 12.8. The van der Waals surface area contributed by atoms with Crippen molar-refractivity contribution in [2.45, 2.75) is 63.1 Å². The normalized spacial score (nSPS) is 28.0. The first-order valence-electron chi connectivity index (χ1n) is 12.4. The number of halogens is 1. The van der Waals surface area contributed by atoms with Gasteiger partial charge in [0.05, 0.1) is 27.9 Å². The van der Waals surface area contributed by atoms with E-state index in [4.69, 9.17) is 16.6 Å². The number of hydrogen-bond donors (Lipinski definition) is 2. The number of benzene rings is 1. The van der Waals surface area contributed by atoms with Crippen LogP contribution in [0, 0.1) is 11.8 Å². The fourth-order valence-electron chi connectivity index (χ4n) is 5.96. The fraction of sp³-hybridized carbons (Fsp3) is 0.615. The first-order chi connectivity index (χ1) is 15.8. The van der Waals surface area contributed by atoms with E-state index in [9.17, 15) is 9.90 Å². The molecule has 1 aromatic heterocycles. The van der Waals surface area contributed by atoms with Crippen molar-refractivity contribution in [1.82, 2.24) is 15.2 Å². The number of pyridine rings is 1. The molecule has 2 heterocycles. The maximum absolute atomic E-state index is 13.2. The highest BCUT2D eigenvalue weighted by atomic mass is 35.5. The molecule has 178 valence electrons. The summed E-state index contributed by atoms with van der Waals surface area (Å²) in [7, 11) is 4.19. The van der Waals surface area contributed by atoms with Gasteiger partial charge in [-0.25, -0.2) is 4.98 Å². The summed E-state index contributed by atoms with van der Waals surface area (Å²) < 4.78 is 0. The predicted octanol–water partition coefficient (Wildman–Crippen LogP) is 4.44. The van der Waals surface area contributed by atoms with Gasteiger partial charge in [-0.3, -0.25) is 9.69 Å². The van der Waals surface area contributed by atoms with Crippen LogP contribution in [0.4, 0.5) is 5.82 Å². The lowest BCUT2D eigenvalue weighted by molar-refractivity contribution is -0.0178. The Morgan fingerprint density at radius 3 is 2.76 bits per heavy atom. The van der Waals surface area contributed by atoms with Crippen molar-refractivity contribution in [3.05, 3.63) is 34.9 Å². The van der Waals surface area contributed by atoms with Gasteiger partial charge in [0.25, 0.3) is 5.91 Å². The van der Waals surface area contributed by atoms with Gasteiger partial charge in [-0.2, -0.15) is 0 Å². The van der Waals surface area contributed by atoms with Gasteiger partial charge in [-0.05, 0) is 95.1 Å². The van der Waals surface area contributed by atoms with E-state index in [1.165, 1.54) is 19.3 Å². The molecule has 7 heteroatoms. The summed E-state index contributed by atoms with van der Waals surface area (Å²) in [6.45, 7) is 1.24. The Bertz CT molecular complexity index is 1040. The van der Waals surface area contributed by atoms with E-state index >= 15 is 0 Å². The van der Waals surface area contributed by atoms with Crippen molar-refractivity contribution in [3.63, 3.8) is 0 Å². The minimum atomic E-state index is -0.819. The van der Waals surface area contributed by atoms with Gasteiger partial charge in [0.1, 0.15) is 5.82 Å². The summed E-state index contributed by atoms with van der Waals surface area (Å²) in [6.07, 6.45) is 8.94. The van der Waals surface area contributed by atoms with Gasteiger partial charge in [-0.15, -0.1) is 0 Å². The van der Waals surface area contributed by atoms with Crippen LogP contribution in [0.3, 0.4) is 0 Å². The molecular weight excluding hydrogens is 436 g/mol. The Morgan fingerprint density at radius 2 is 2.00 bits per heavy atom. The number of aliphatic hydroxyl groups is 1. The lowest BCUT2D eigenvalue weighted by atomic mass is 9.76. The molecule has 1 saturated heterocycles. The monoisotopic (exact) mass is 470 g/mol. The van der Waals surface area contributed by atoms with Gasteiger partial charge in [-0.1, -0.05) is 18.0 Å². The number of amides is 1. The number of nitrogens with one attached hydrogen (secondary N) is 1. The van der Waals surface area contributed by atoms with Gasteiger partial charge >= 0.3 is 0 Å².